The highest BCUT2D eigenvalue weighted by Gasteiger charge is 2.26. The summed E-state index contributed by atoms with van der Waals surface area (Å²) < 4.78 is 5.24. The molecule has 0 aromatic carbocycles. The zero-order chi connectivity index (χ0) is 13.8. The van der Waals surface area contributed by atoms with Crippen LogP contribution in [0.15, 0.2) is 10.5 Å². The van der Waals surface area contributed by atoms with Gasteiger partial charge in [0.15, 0.2) is 0 Å². The number of carbonyl (C=O) groups is 1. The number of rotatable bonds is 7. The smallest absolute Gasteiger partial charge is 0.371 e. The second-order valence-electron chi connectivity index (χ2n) is 5.13. The predicted octanol–water partition coefficient (Wildman–Crippen LogP) is 2.02. The summed E-state index contributed by atoms with van der Waals surface area (Å²) in [7, 11) is 0. The van der Waals surface area contributed by atoms with E-state index < -0.39 is 5.97 Å². The quantitative estimate of drug-likeness (QED) is 0.790. The summed E-state index contributed by atoms with van der Waals surface area (Å²) in [5, 5.41) is 17.9. The van der Waals surface area contributed by atoms with Gasteiger partial charge in [-0.15, -0.1) is 0 Å². The van der Waals surface area contributed by atoms with Crippen molar-refractivity contribution in [2.45, 2.75) is 45.2 Å². The fourth-order valence-corrected chi connectivity index (χ4v) is 2.42. The molecule has 19 heavy (non-hydrogen) atoms. The molecule has 0 radical (unpaired) electrons. The molecule has 0 spiro atoms. The van der Waals surface area contributed by atoms with Crippen LogP contribution in [0.25, 0.3) is 0 Å². The number of carboxylic acid groups (broad SMARTS) is 1. The topological polar surface area (TPSA) is 73.9 Å². The molecule has 0 aliphatic heterocycles. The van der Waals surface area contributed by atoms with Crippen LogP contribution in [-0.2, 0) is 6.54 Å². The maximum Gasteiger partial charge on any atom is 0.371 e. The summed E-state index contributed by atoms with van der Waals surface area (Å²) in [6.07, 6.45) is 4.38. The monoisotopic (exact) mass is 267 g/mol. The first-order valence-corrected chi connectivity index (χ1v) is 6.79. The van der Waals surface area contributed by atoms with Crippen molar-refractivity contribution in [2.75, 3.05) is 13.2 Å². The second-order valence-corrected chi connectivity index (χ2v) is 5.13. The van der Waals surface area contributed by atoms with E-state index in [1.165, 1.54) is 19.3 Å². The van der Waals surface area contributed by atoms with Crippen LogP contribution in [0.2, 0.25) is 0 Å². The SMILES string of the molecule is Cc1oc(C(=O)O)cc1CN(CCCO)C1CCC1. The average Bonchev–Trinajstić information content (AvgIpc) is 2.66. The Kier molecular flexibility index (Phi) is 4.61. The van der Waals surface area contributed by atoms with E-state index in [0.29, 0.717) is 18.3 Å². The number of carboxylic acids is 1. The van der Waals surface area contributed by atoms with Crippen LogP contribution in [0.3, 0.4) is 0 Å². The van der Waals surface area contributed by atoms with Gasteiger partial charge in [-0.3, -0.25) is 4.90 Å². The van der Waals surface area contributed by atoms with Gasteiger partial charge < -0.3 is 14.6 Å². The fourth-order valence-electron chi connectivity index (χ4n) is 2.42. The normalized spacial score (nSPS) is 15.7. The van der Waals surface area contributed by atoms with Gasteiger partial charge in [0.05, 0.1) is 0 Å². The summed E-state index contributed by atoms with van der Waals surface area (Å²) in [4.78, 5) is 13.2. The molecule has 0 bridgehead atoms. The molecule has 5 heteroatoms. The van der Waals surface area contributed by atoms with Crippen LogP contribution in [0, 0.1) is 6.92 Å². The Morgan fingerprint density at radius 2 is 2.26 bits per heavy atom. The molecule has 1 heterocycles. The lowest BCUT2D eigenvalue weighted by molar-refractivity contribution is 0.0661. The van der Waals surface area contributed by atoms with Crippen LogP contribution in [0.4, 0.5) is 0 Å². The van der Waals surface area contributed by atoms with Crippen molar-refractivity contribution in [1.29, 1.82) is 0 Å². The standard InChI is InChI=1S/C14H21NO4/c1-10-11(8-13(19-10)14(17)18)9-15(6-3-7-16)12-4-2-5-12/h8,12,16H,2-7,9H2,1H3,(H,17,18). The fraction of sp³-hybridized carbons (Fsp3) is 0.643. The van der Waals surface area contributed by atoms with Crippen molar-refractivity contribution in [3.05, 3.63) is 23.2 Å². The molecule has 1 aliphatic rings. The van der Waals surface area contributed by atoms with E-state index in [0.717, 1.165) is 18.5 Å². The van der Waals surface area contributed by atoms with Gasteiger partial charge in [-0.1, -0.05) is 6.42 Å². The van der Waals surface area contributed by atoms with Gasteiger partial charge in [0.2, 0.25) is 5.76 Å². The predicted molar refractivity (Wildman–Crippen MR) is 70.2 cm³/mol. The molecule has 1 aromatic heterocycles. The van der Waals surface area contributed by atoms with Crippen LogP contribution < -0.4 is 0 Å². The summed E-state index contributed by atoms with van der Waals surface area (Å²) in [5.74, 6) is -0.353. The molecule has 1 saturated carbocycles. The summed E-state index contributed by atoms with van der Waals surface area (Å²) in [6, 6.07) is 2.18. The molecular weight excluding hydrogens is 246 g/mol. The number of nitrogens with zero attached hydrogens (tertiary/aromatic N) is 1. The number of hydrogen-bond acceptors (Lipinski definition) is 4. The molecule has 0 unspecified atom stereocenters. The molecule has 2 rings (SSSR count). The van der Waals surface area contributed by atoms with Gasteiger partial charge in [0.25, 0.3) is 0 Å². The van der Waals surface area contributed by atoms with Crippen molar-refractivity contribution < 1.29 is 19.4 Å². The number of hydrogen-bond donors (Lipinski definition) is 2. The largest absolute Gasteiger partial charge is 0.475 e. The second kappa shape index (κ2) is 6.21. The van der Waals surface area contributed by atoms with E-state index >= 15 is 0 Å². The van der Waals surface area contributed by atoms with Gasteiger partial charge in [-0.25, -0.2) is 4.79 Å². The minimum Gasteiger partial charge on any atom is -0.475 e. The Labute approximate surface area is 112 Å². The lowest BCUT2D eigenvalue weighted by atomic mass is 9.91. The Morgan fingerprint density at radius 1 is 1.53 bits per heavy atom. The molecule has 0 atom stereocenters. The van der Waals surface area contributed by atoms with E-state index in [-0.39, 0.29) is 12.4 Å². The molecule has 1 aromatic rings. The third-order valence-corrected chi connectivity index (χ3v) is 3.80. The van der Waals surface area contributed by atoms with E-state index in [1.807, 2.05) is 0 Å². The van der Waals surface area contributed by atoms with Crippen molar-refractivity contribution in [1.82, 2.24) is 4.90 Å². The van der Waals surface area contributed by atoms with Gasteiger partial charge in [0, 0.05) is 31.3 Å². The lowest BCUT2D eigenvalue weighted by Gasteiger charge is -2.37. The maximum atomic E-state index is 10.9. The molecule has 2 N–H and O–H groups in total. The number of aliphatic hydroxyl groups excluding tert-OH is 1. The molecule has 1 aliphatic carbocycles. The first kappa shape index (κ1) is 14.1. The Morgan fingerprint density at radius 3 is 2.74 bits per heavy atom. The molecule has 106 valence electrons. The number of aryl methyl sites for hydroxylation is 1. The molecule has 0 amide bonds. The average molecular weight is 267 g/mol. The van der Waals surface area contributed by atoms with Crippen LogP contribution in [-0.4, -0.2) is 40.3 Å². The van der Waals surface area contributed by atoms with Crippen molar-refractivity contribution in [3.63, 3.8) is 0 Å². The number of aromatic carboxylic acids is 1. The molecule has 1 fully saturated rings. The van der Waals surface area contributed by atoms with Gasteiger partial charge >= 0.3 is 5.97 Å². The lowest BCUT2D eigenvalue weighted by Crippen LogP contribution is -2.40. The first-order chi connectivity index (χ1) is 9.11. The van der Waals surface area contributed by atoms with Crippen LogP contribution in [0.5, 0.6) is 0 Å². The summed E-state index contributed by atoms with van der Waals surface area (Å²) in [5.41, 5.74) is 0.933. The van der Waals surface area contributed by atoms with E-state index in [4.69, 9.17) is 14.6 Å². The zero-order valence-electron chi connectivity index (χ0n) is 11.3. The van der Waals surface area contributed by atoms with Crippen molar-refractivity contribution >= 4 is 5.97 Å². The highest BCUT2D eigenvalue weighted by atomic mass is 16.4. The van der Waals surface area contributed by atoms with Gasteiger partial charge in [-0.2, -0.15) is 0 Å². The Hall–Kier alpha value is -1.33. The third kappa shape index (κ3) is 3.36. The van der Waals surface area contributed by atoms with Crippen LogP contribution >= 0.6 is 0 Å². The summed E-state index contributed by atoms with van der Waals surface area (Å²) in [6.45, 7) is 3.53. The Bertz CT molecular complexity index is 437. The molecule has 5 nitrogen and oxygen atoms in total. The Balaban J connectivity index is 2.04. The van der Waals surface area contributed by atoms with E-state index in [9.17, 15) is 4.79 Å². The van der Waals surface area contributed by atoms with Crippen molar-refractivity contribution in [3.8, 4) is 0 Å². The maximum absolute atomic E-state index is 10.9. The molecule has 0 saturated heterocycles. The minimum absolute atomic E-state index is 0.00298. The van der Waals surface area contributed by atoms with E-state index in [1.54, 1.807) is 13.0 Å². The number of furan rings is 1. The van der Waals surface area contributed by atoms with E-state index in [2.05, 4.69) is 4.90 Å². The third-order valence-electron chi connectivity index (χ3n) is 3.80. The van der Waals surface area contributed by atoms with Crippen molar-refractivity contribution in [2.24, 2.45) is 0 Å². The van der Waals surface area contributed by atoms with Gasteiger partial charge in [-0.05, 0) is 32.3 Å². The molecular formula is C14H21NO4. The highest BCUT2D eigenvalue weighted by molar-refractivity contribution is 5.84. The first-order valence-electron chi connectivity index (χ1n) is 6.79. The summed E-state index contributed by atoms with van der Waals surface area (Å²) >= 11 is 0. The van der Waals surface area contributed by atoms with Crippen LogP contribution in [0.1, 0.15) is 47.6 Å². The number of aliphatic hydroxyl groups is 1. The van der Waals surface area contributed by atoms with Gasteiger partial charge in [0.1, 0.15) is 5.76 Å². The highest BCUT2D eigenvalue weighted by Crippen LogP contribution is 2.27. The zero-order valence-corrected chi connectivity index (χ0v) is 11.3. The minimum atomic E-state index is -1.03.